The molecule has 0 spiro atoms. The topological polar surface area (TPSA) is 0 Å². The molecule has 0 aromatic heterocycles. The summed E-state index contributed by atoms with van der Waals surface area (Å²) >= 11 is 0. The van der Waals surface area contributed by atoms with Gasteiger partial charge in [-0.2, -0.15) is 7.12 Å². The van der Waals surface area contributed by atoms with Crippen LogP contribution in [0.15, 0.2) is 35.2 Å². The van der Waals surface area contributed by atoms with Crippen LogP contribution >= 0.6 is 0 Å². The Morgan fingerprint density at radius 3 is 2.11 bits per heavy atom. The second-order valence-corrected chi connectivity index (χ2v) is 3.46. The molecule has 1 atom stereocenters. The summed E-state index contributed by atoms with van der Waals surface area (Å²) in [5.74, 6) is 0. The molecule has 1 rings (SSSR count). The lowest BCUT2D eigenvalue weighted by Gasteiger charge is -2.07. The molecule has 0 heterocycles. The van der Waals surface area contributed by atoms with E-state index in [1.807, 2.05) is 36.6 Å². The highest BCUT2D eigenvalue weighted by molar-refractivity contribution is 8.16. The molecule has 0 fully saturated rings. The Kier molecular flexibility index (Phi) is 2.23. The van der Waals surface area contributed by atoms with E-state index >= 15 is 0 Å². The quantitative estimate of drug-likeness (QED) is 0.403. The molecule has 0 nitrogen and oxygen atoms in total. The minimum atomic E-state index is -0.0790. The van der Waals surface area contributed by atoms with Crippen LogP contribution in [-0.2, 0) is 10.7 Å². The second kappa shape index (κ2) is 2.97. The van der Waals surface area contributed by atoms with Crippen LogP contribution in [0.4, 0.5) is 0 Å². The lowest BCUT2D eigenvalue weighted by atomic mass is 10.4. The normalized spacial score (nSPS) is 13.1. The van der Waals surface area contributed by atoms with E-state index in [0.717, 1.165) is 0 Å². The van der Waals surface area contributed by atoms with Gasteiger partial charge in [0.1, 0.15) is 0 Å². The molecule has 9 heavy (non-hydrogen) atoms. The fourth-order valence-corrected chi connectivity index (χ4v) is 1.22. The lowest BCUT2D eigenvalue weighted by molar-refractivity contribution is 1.46. The highest BCUT2D eigenvalue weighted by Gasteiger charge is 1.91. The van der Waals surface area contributed by atoms with Gasteiger partial charge in [-0.3, -0.25) is 10.7 Å². The fourth-order valence-electron chi connectivity index (χ4n) is 0.635. The molecule has 0 saturated carbocycles. The van der Waals surface area contributed by atoms with E-state index in [1.165, 1.54) is 4.90 Å². The van der Waals surface area contributed by atoms with Crippen LogP contribution in [0.5, 0.6) is 0 Å². The number of rotatable bonds is 1. The van der Waals surface area contributed by atoms with Gasteiger partial charge in [0.15, 0.2) is 0 Å². The molecule has 1 aromatic carbocycles. The van der Waals surface area contributed by atoms with Crippen LogP contribution in [0.25, 0.3) is 0 Å². The minimum absolute atomic E-state index is 0.0790. The average Bonchev–Trinajstić information content (AvgIpc) is 1.90. The Balaban J connectivity index is 2.85. The third-order valence-corrected chi connectivity index (χ3v) is 2.13. The van der Waals surface area contributed by atoms with Crippen LogP contribution in [0.2, 0.25) is 0 Å². The Hall–Kier alpha value is -0.365. The van der Waals surface area contributed by atoms with Crippen LogP contribution in [-0.4, -0.2) is 13.4 Å². The lowest BCUT2D eigenvalue weighted by Crippen LogP contribution is -1.95. The van der Waals surface area contributed by atoms with Crippen molar-refractivity contribution >= 4 is 17.9 Å². The Morgan fingerprint density at radius 1 is 1.22 bits per heavy atom. The molecule has 0 N–H and O–H groups in total. The van der Waals surface area contributed by atoms with E-state index in [1.54, 1.807) is 0 Å². The van der Waals surface area contributed by atoms with Gasteiger partial charge in [-0.05, 0) is 12.1 Å². The number of hydrogen-bond donors (Lipinski definition) is 0. The van der Waals surface area contributed by atoms with Crippen molar-refractivity contribution in [2.45, 2.75) is 4.90 Å². The van der Waals surface area contributed by atoms with Crippen molar-refractivity contribution < 1.29 is 0 Å². The Morgan fingerprint density at radius 2 is 1.78 bits per heavy atom. The largest absolute Gasteiger partial charge is 0.298 e. The highest BCUT2D eigenvalue weighted by atomic mass is 32.2. The third kappa shape index (κ3) is 1.79. The molecule has 1 unspecified atom stereocenters. The SMILES string of the molecule is [B-][S+](C)c1ccccc1. The van der Waals surface area contributed by atoms with Gasteiger partial charge in [-0.1, -0.05) is 18.2 Å². The van der Waals surface area contributed by atoms with Gasteiger partial charge >= 0.3 is 0 Å². The summed E-state index contributed by atoms with van der Waals surface area (Å²) in [6, 6.07) is 10.1. The van der Waals surface area contributed by atoms with Crippen molar-refractivity contribution in [1.82, 2.24) is 0 Å². The summed E-state index contributed by atoms with van der Waals surface area (Å²) in [4.78, 5) is 1.22. The van der Waals surface area contributed by atoms with Crippen molar-refractivity contribution in [3.63, 3.8) is 0 Å². The van der Waals surface area contributed by atoms with Gasteiger partial charge in [-0.15, -0.1) is 0 Å². The van der Waals surface area contributed by atoms with Crippen molar-refractivity contribution in [3.8, 4) is 0 Å². The van der Waals surface area contributed by atoms with Gasteiger partial charge in [0.05, 0.1) is 4.90 Å². The van der Waals surface area contributed by atoms with Crippen LogP contribution in [0.1, 0.15) is 0 Å². The minimum Gasteiger partial charge on any atom is -0.298 e. The van der Waals surface area contributed by atoms with Crippen molar-refractivity contribution in [3.05, 3.63) is 30.3 Å². The first kappa shape index (κ1) is 6.75. The molecule has 0 aliphatic rings. The van der Waals surface area contributed by atoms with Crippen LogP contribution < -0.4 is 0 Å². The average molecular weight is 135 g/mol. The predicted octanol–water partition coefficient (Wildman–Crippen LogP) is 1.38. The van der Waals surface area contributed by atoms with Crippen LogP contribution in [0.3, 0.4) is 0 Å². The molecule has 1 aromatic rings. The molecular formula is C7H8BS. The van der Waals surface area contributed by atoms with Gasteiger partial charge < -0.3 is 0 Å². The second-order valence-electron chi connectivity index (χ2n) is 1.87. The molecule has 2 heteroatoms. The van der Waals surface area contributed by atoms with E-state index in [9.17, 15) is 0 Å². The summed E-state index contributed by atoms with van der Waals surface area (Å²) in [6.07, 6.45) is 2.01. The summed E-state index contributed by atoms with van der Waals surface area (Å²) in [5, 5.41) is 0. The maximum Gasteiger partial charge on any atom is 0.0968 e. The molecular weight excluding hydrogens is 127 g/mol. The van der Waals surface area contributed by atoms with Gasteiger partial charge in [0.25, 0.3) is 0 Å². The smallest absolute Gasteiger partial charge is 0.0968 e. The standard InChI is InChI=1S/C7H8BS/c1-9(8)7-5-3-2-4-6-7/h2-6H,1H3. The zero-order valence-electron chi connectivity index (χ0n) is 5.37. The van der Waals surface area contributed by atoms with E-state index in [-0.39, 0.29) is 10.7 Å². The summed E-state index contributed by atoms with van der Waals surface area (Å²) in [7, 11) is 5.56. The fraction of sp³-hybridized carbons (Fsp3) is 0.143. The Labute approximate surface area is 59.9 Å². The highest BCUT2D eigenvalue weighted by Crippen LogP contribution is 2.05. The third-order valence-electron chi connectivity index (χ3n) is 1.11. The van der Waals surface area contributed by atoms with Crippen LogP contribution in [0, 0.1) is 0 Å². The monoisotopic (exact) mass is 135 g/mol. The molecule has 0 bridgehead atoms. The van der Waals surface area contributed by atoms with Gasteiger partial charge in [-0.25, -0.2) is 0 Å². The van der Waals surface area contributed by atoms with Crippen molar-refractivity contribution in [2.24, 2.45) is 0 Å². The van der Waals surface area contributed by atoms with Crippen molar-refractivity contribution in [2.75, 3.05) is 6.26 Å². The molecule has 0 aliphatic heterocycles. The maximum atomic E-state index is 5.64. The van der Waals surface area contributed by atoms with Gasteiger partial charge in [0.2, 0.25) is 0 Å². The molecule has 0 amide bonds. The molecule has 3 radical (unpaired) electrons. The zero-order valence-corrected chi connectivity index (χ0v) is 6.19. The summed E-state index contributed by atoms with van der Waals surface area (Å²) in [6.45, 7) is 0. The molecule has 0 aliphatic carbocycles. The first-order valence-electron chi connectivity index (χ1n) is 2.76. The first-order valence-corrected chi connectivity index (χ1v) is 4.45. The van der Waals surface area contributed by atoms with Gasteiger partial charge in [0, 0.05) is 6.26 Å². The molecule has 0 saturated heterocycles. The summed E-state index contributed by atoms with van der Waals surface area (Å²) < 4.78 is 0. The van der Waals surface area contributed by atoms with E-state index < -0.39 is 0 Å². The zero-order chi connectivity index (χ0) is 6.69. The van der Waals surface area contributed by atoms with E-state index in [4.69, 9.17) is 7.12 Å². The first-order chi connectivity index (χ1) is 4.30. The molecule has 45 valence electrons. The Bertz CT molecular complexity index is 172. The van der Waals surface area contributed by atoms with Crippen molar-refractivity contribution in [1.29, 1.82) is 0 Å². The maximum absolute atomic E-state index is 5.64. The summed E-state index contributed by atoms with van der Waals surface area (Å²) in [5.41, 5.74) is 0. The number of benzene rings is 1. The number of hydrogen-bond acceptors (Lipinski definition) is 0. The van der Waals surface area contributed by atoms with E-state index in [2.05, 4.69) is 0 Å². The van der Waals surface area contributed by atoms with E-state index in [0.29, 0.717) is 0 Å². The predicted molar refractivity (Wildman–Crippen MR) is 43.8 cm³/mol.